The van der Waals surface area contributed by atoms with Gasteiger partial charge in [0.2, 0.25) is 0 Å². The lowest BCUT2D eigenvalue weighted by Crippen LogP contribution is -1.97. The molecule has 0 atom stereocenters. The Bertz CT molecular complexity index is 918. The summed E-state index contributed by atoms with van der Waals surface area (Å²) in [7, 11) is 0. The largest absolute Gasteiger partial charge is 0.329 e. The third-order valence-electron chi connectivity index (χ3n) is 2.99. The van der Waals surface area contributed by atoms with E-state index in [0.717, 1.165) is 11.0 Å². The number of nitrogens with one attached hydrogen (secondary N) is 1. The average Bonchev–Trinajstić information content (AvgIpc) is 2.76. The molecule has 2 aromatic carbocycles. The summed E-state index contributed by atoms with van der Waals surface area (Å²) >= 11 is 17.5. The molecule has 1 aromatic heterocycles. The molecule has 1 N–H and O–H groups in total. The van der Waals surface area contributed by atoms with Gasteiger partial charge >= 0.3 is 0 Å². The van der Waals surface area contributed by atoms with Crippen LogP contribution in [0.5, 0.6) is 0 Å². The number of rotatable bonds is 1. The predicted octanol–water partition coefficient (Wildman–Crippen LogP) is 4.87. The number of hydrogen-bond donors (Lipinski definition) is 1. The molecule has 3 rings (SSSR count). The van der Waals surface area contributed by atoms with E-state index in [1.54, 1.807) is 28.8 Å². The van der Waals surface area contributed by atoms with E-state index in [0.29, 0.717) is 26.1 Å². The molecule has 0 fully saturated rings. The van der Waals surface area contributed by atoms with Gasteiger partial charge in [-0.25, -0.2) is 0 Å². The molecular weight excluding hydrogens is 313 g/mol. The van der Waals surface area contributed by atoms with Crippen molar-refractivity contribution >= 4 is 46.5 Å². The Morgan fingerprint density at radius 1 is 1.20 bits per heavy atom. The van der Waals surface area contributed by atoms with Gasteiger partial charge in [0, 0.05) is 5.02 Å². The minimum atomic E-state index is 0.465. The van der Waals surface area contributed by atoms with Crippen LogP contribution in [0.15, 0.2) is 36.4 Å². The minimum absolute atomic E-state index is 0.465. The normalized spacial score (nSPS) is 10.7. The molecular formula is C14H7Cl2N3S. The summed E-state index contributed by atoms with van der Waals surface area (Å²) in [5.41, 5.74) is 2.68. The molecule has 0 spiro atoms. The van der Waals surface area contributed by atoms with Crippen LogP contribution in [0, 0.1) is 16.1 Å². The molecule has 0 amide bonds. The number of aromatic amines is 1. The molecule has 0 aliphatic heterocycles. The summed E-state index contributed by atoms with van der Waals surface area (Å²) in [5.74, 6) is 0. The second-order valence-electron chi connectivity index (χ2n) is 4.17. The fourth-order valence-electron chi connectivity index (χ4n) is 2.12. The van der Waals surface area contributed by atoms with E-state index in [4.69, 9.17) is 35.4 Å². The molecule has 0 unspecified atom stereocenters. The highest BCUT2D eigenvalue weighted by Crippen LogP contribution is 2.28. The summed E-state index contributed by atoms with van der Waals surface area (Å²) < 4.78 is 2.23. The predicted molar refractivity (Wildman–Crippen MR) is 83.2 cm³/mol. The van der Waals surface area contributed by atoms with Crippen molar-refractivity contribution in [3.8, 4) is 11.8 Å². The number of hydrogen-bond acceptors (Lipinski definition) is 2. The number of nitriles is 1. The summed E-state index contributed by atoms with van der Waals surface area (Å²) in [6.45, 7) is 0. The van der Waals surface area contributed by atoms with Crippen molar-refractivity contribution in [3.05, 3.63) is 56.8 Å². The van der Waals surface area contributed by atoms with Gasteiger partial charge in [-0.3, -0.25) is 4.57 Å². The average molecular weight is 320 g/mol. The Balaban J connectivity index is 2.45. The molecule has 6 heteroatoms. The van der Waals surface area contributed by atoms with E-state index in [-0.39, 0.29) is 0 Å². The third kappa shape index (κ3) is 2.01. The van der Waals surface area contributed by atoms with Gasteiger partial charge in [-0.1, -0.05) is 29.3 Å². The van der Waals surface area contributed by atoms with Crippen molar-refractivity contribution < 1.29 is 0 Å². The first kappa shape index (κ1) is 13.2. The molecule has 0 aliphatic carbocycles. The third-order valence-corrected chi connectivity index (χ3v) is 3.82. The van der Waals surface area contributed by atoms with Crippen LogP contribution in [-0.4, -0.2) is 9.55 Å². The van der Waals surface area contributed by atoms with Gasteiger partial charge in [0.25, 0.3) is 0 Å². The Morgan fingerprint density at radius 3 is 2.75 bits per heavy atom. The minimum Gasteiger partial charge on any atom is -0.329 e. The number of imidazole rings is 1. The standard InChI is InChI=1S/C14H7Cl2N3S/c15-9-5-4-8(7-17)12(6-9)19-11-3-1-2-10(16)13(11)18-14(19)20/h1-6H,(H,18,20). The van der Waals surface area contributed by atoms with Crippen molar-refractivity contribution in [2.75, 3.05) is 0 Å². The van der Waals surface area contributed by atoms with E-state index < -0.39 is 0 Å². The summed E-state index contributed by atoms with van der Waals surface area (Å²) in [5, 5.41) is 10.4. The zero-order chi connectivity index (χ0) is 14.3. The Kier molecular flexibility index (Phi) is 3.27. The van der Waals surface area contributed by atoms with Gasteiger partial charge in [-0.05, 0) is 42.5 Å². The fraction of sp³-hybridized carbons (Fsp3) is 0. The number of aromatic nitrogens is 2. The maximum atomic E-state index is 9.25. The smallest absolute Gasteiger partial charge is 0.182 e. The van der Waals surface area contributed by atoms with Crippen LogP contribution in [0.4, 0.5) is 0 Å². The first-order valence-corrected chi connectivity index (χ1v) is 6.87. The summed E-state index contributed by atoms with van der Waals surface area (Å²) in [6, 6.07) is 12.7. The van der Waals surface area contributed by atoms with Gasteiger partial charge in [-0.2, -0.15) is 5.26 Å². The number of halogens is 2. The van der Waals surface area contributed by atoms with Crippen LogP contribution < -0.4 is 0 Å². The molecule has 20 heavy (non-hydrogen) atoms. The van der Waals surface area contributed by atoms with E-state index in [1.165, 1.54) is 0 Å². The number of nitrogens with zero attached hydrogens (tertiary/aromatic N) is 2. The van der Waals surface area contributed by atoms with Gasteiger partial charge in [0.1, 0.15) is 6.07 Å². The van der Waals surface area contributed by atoms with Crippen molar-refractivity contribution in [2.24, 2.45) is 0 Å². The maximum Gasteiger partial charge on any atom is 0.182 e. The second-order valence-corrected chi connectivity index (χ2v) is 5.40. The van der Waals surface area contributed by atoms with Gasteiger partial charge in [-0.15, -0.1) is 0 Å². The number of H-pyrrole nitrogens is 1. The molecule has 0 bridgehead atoms. The zero-order valence-corrected chi connectivity index (χ0v) is 12.4. The topological polar surface area (TPSA) is 44.5 Å². The molecule has 0 aliphatic rings. The molecule has 0 saturated heterocycles. The van der Waals surface area contributed by atoms with E-state index in [1.807, 2.05) is 12.1 Å². The zero-order valence-electron chi connectivity index (χ0n) is 10.0. The first-order valence-electron chi connectivity index (χ1n) is 5.71. The molecule has 1 heterocycles. The Labute approximate surface area is 130 Å². The Hall–Kier alpha value is -1.80. The number of fused-ring (bicyclic) bond motifs is 1. The van der Waals surface area contributed by atoms with Crippen molar-refractivity contribution in [1.82, 2.24) is 9.55 Å². The van der Waals surface area contributed by atoms with E-state index >= 15 is 0 Å². The first-order chi connectivity index (χ1) is 9.61. The van der Waals surface area contributed by atoms with E-state index in [2.05, 4.69) is 11.1 Å². The van der Waals surface area contributed by atoms with Crippen molar-refractivity contribution in [2.45, 2.75) is 0 Å². The van der Waals surface area contributed by atoms with Crippen LogP contribution >= 0.6 is 35.4 Å². The maximum absolute atomic E-state index is 9.25. The highest BCUT2D eigenvalue weighted by atomic mass is 35.5. The van der Waals surface area contributed by atoms with Crippen molar-refractivity contribution in [1.29, 1.82) is 5.26 Å². The van der Waals surface area contributed by atoms with Gasteiger partial charge < -0.3 is 4.98 Å². The quantitative estimate of drug-likeness (QED) is 0.650. The fourth-order valence-corrected chi connectivity index (χ4v) is 2.80. The monoisotopic (exact) mass is 319 g/mol. The van der Waals surface area contributed by atoms with Crippen LogP contribution in [0.25, 0.3) is 16.7 Å². The van der Waals surface area contributed by atoms with Crippen LogP contribution in [0.2, 0.25) is 10.0 Å². The number of benzene rings is 2. The lowest BCUT2D eigenvalue weighted by molar-refractivity contribution is 1.06. The summed E-state index contributed by atoms with van der Waals surface area (Å²) in [4.78, 5) is 3.06. The molecule has 98 valence electrons. The lowest BCUT2D eigenvalue weighted by Gasteiger charge is -2.07. The highest BCUT2D eigenvalue weighted by molar-refractivity contribution is 7.71. The molecule has 0 saturated carbocycles. The molecule has 3 aromatic rings. The summed E-state index contributed by atoms with van der Waals surface area (Å²) in [6.07, 6.45) is 0. The van der Waals surface area contributed by atoms with E-state index in [9.17, 15) is 5.26 Å². The lowest BCUT2D eigenvalue weighted by atomic mass is 10.2. The SMILES string of the molecule is N#Cc1ccc(Cl)cc1-n1c(=S)[nH]c2c(Cl)cccc21. The number of para-hydroxylation sites is 1. The van der Waals surface area contributed by atoms with Gasteiger partial charge in [0.05, 0.1) is 27.3 Å². The molecule has 0 radical (unpaired) electrons. The van der Waals surface area contributed by atoms with Crippen LogP contribution in [0.1, 0.15) is 5.56 Å². The van der Waals surface area contributed by atoms with Gasteiger partial charge in [0.15, 0.2) is 4.77 Å². The molecule has 3 nitrogen and oxygen atoms in total. The van der Waals surface area contributed by atoms with Crippen molar-refractivity contribution in [3.63, 3.8) is 0 Å². The van der Waals surface area contributed by atoms with Crippen LogP contribution in [-0.2, 0) is 0 Å². The highest BCUT2D eigenvalue weighted by Gasteiger charge is 2.12. The second kappa shape index (κ2) is 4.95. The Morgan fingerprint density at radius 2 is 2.00 bits per heavy atom. The van der Waals surface area contributed by atoms with Crippen LogP contribution in [0.3, 0.4) is 0 Å².